The molecule has 0 unspecified atom stereocenters. The summed E-state index contributed by atoms with van der Waals surface area (Å²) >= 11 is 0. The summed E-state index contributed by atoms with van der Waals surface area (Å²) in [4.78, 5) is 2.24. The quantitative estimate of drug-likeness (QED) is 0.497. The van der Waals surface area contributed by atoms with Crippen LogP contribution in [0.4, 0.5) is 0 Å². The maximum atomic E-state index is 5.55. The predicted molar refractivity (Wildman–Crippen MR) is 75.9 cm³/mol. The Hall–Kier alpha value is -0.760. The summed E-state index contributed by atoms with van der Waals surface area (Å²) < 4.78 is 5.55. The van der Waals surface area contributed by atoms with Crippen molar-refractivity contribution in [3.8, 4) is 0 Å². The van der Waals surface area contributed by atoms with Crippen LogP contribution < -0.4 is 0 Å². The molecular formula is C15H29NO. The van der Waals surface area contributed by atoms with Crippen LogP contribution in [0.15, 0.2) is 24.6 Å². The molecule has 0 aliphatic rings. The van der Waals surface area contributed by atoms with E-state index in [0.717, 1.165) is 51.9 Å². The number of ether oxygens (including phenoxy) is 1. The predicted octanol–water partition coefficient (Wildman–Crippen LogP) is 4.34. The normalized spacial score (nSPS) is 10.3. The number of allylic oxidation sites excluding steroid dienone is 2. The molecule has 0 radical (unpaired) electrons. The summed E-state index contributed by atoms with van der Waals surface area (Å²) in [6.07, 6.45) is 5.41. The zero-order chi connectivity index (χ0) is 13.1. The SMILES string of the molecule is C=C(CCC)N(CCOCCC)C(=C)CCC. The molecular weight excluding hydrogens is 210 g/mol. The van der Waals surface area contributed by atoms with Crippen molar-refractivity contribution in [3.05, 3.63) is 24.6 Å². The minimum atomic E-state index is 0.763. The van der Waals surface area contributed by atoms with Gasteiger partial charge in [0.25, 0.3) is 0 Å². The van der Waals surface area contributed by atoms with E-state index in [1.54, 1.807) is 0 Å². The van der Waals surface area contributed by atoms with Crippen molar-refractivity contribution in [1.82, 2.24) is 4.90 Å². The van der Waals surface area contributed by atoms with E-state index in [-0.39, 0.29) is 0 Å². The Labute approximate surface area is 107 Å². The van der Waals surface area contributed by atoms with Crippen LogP contribution in [-0.4, -0.2) is 24.7 Å². The first-order chi connectivity index (χ1) is 8.17. The minimum Gasteiger partial charge on any atom is -0.380 e. The van der Waals surface area contributed by atoms with Crippen molar-refractivity contribution < 1.29 is 4.74 Å². The maximum Gasteiger partial charge on any atom is 0.0645 e. The Morgan fingerprint density at radius 1 is 0.882 bits per heavy atom. The van der Waals surface area contributed by atoms with Gasteiger partial charge < -0.3 is 9.64 Å². The molecule has 0 saturated heterocycles. The van der Waals surface area contributed by atoms with Crippen LogP contribution in [0.3, 0.4) is 0 Å². The second kappa shape index (κ2) is 10.4. The first-order valence-corrected chi connectivity index (χ1v) is 6.88. The topological polar surface area (TPSA) is 12.5 Å². The Morgan fingerprint density at radius 3 is 1.82 bits per heavy atom. The van der Waals surface area contributed by atoms with Crippen LogP contribution in [0, 0.1) is 0 Å². The molecule has 0 saturated carbocycles. The van der Waals surface area contributed by atoms with Gasteiger partial charge in [-0.3, -0.25) is 0 Å². The number of hydrogen-bond acceptors (Lipinski definition) is 2. The van der Waals surface area contributed by atoms with Crippen LogP contribution in [0.5, 0.6) is 0 Å². The smallest absolute Gasteiger partial charge is 0.0645 e. The van der Waals surface area contributed by atoms with Crippen LogP contribution in [0.25, 0.3) is 0 Å². The minimum absolute atomic E-state index is 0.763. The zero-order valence-electron chi connectivity index (χ0n) is 11.9. The van der Waals surface area contributed by atoms with Gasteiger partial charge in [-0.1, -0.05) is 46.8 Å². The maximum absolute atomic E-state index is 5.55. The van der Waals surface area contributed by atoms with Crippen molar-refractivity contribution in [1.29, 1.82) is 0 Å². The van der Waals surface area contributed by atoms with E-state index in [2.05, 4.69) is 38.8 Å². The monoisotopic (exact) mass is 239 g/mol. The third-order valence-electron chi connectivity index (χ3n) is 2.65. The summed E-state index contributed by atoms with van der Waals surface area (Å²) in [5, 5.41) is 0. The van der Waals surface area contributed by atoms with Crippen LogP contribution >= 0.6 is 0 Å². The lowest BCUT2D eigenvalue weighted by molar-refractivity contribution is 0.119. The molecule has 100 valence electrons. The van der Waals surface area contributed by atoms with E-state index in [4.69, 9.17) is 4.74 Å². The second-order valence-corrected chi connectivity index (χ2v) is 4.40. The molecule has 0 heterocycles. The van der Waals surface area contributed by atoms with Gasteiger partial charge in [0, 0.05) is 24.5 Å². The summed E-state index contributed by atoms with van der Waals surface area (Å²) in [6.45, 7) is 17.3. The van der Waals surface area contributed by atoms with E-state index in [0.29, 0.717) is 0 Å². The molecule has 2 heteroatoms. The molecule has 0 N–H and O–H groups in total. The molecule has 0 aliphatic carbocycles. The van der Waals surface area contributed by atoms with Gasteiger partial charge in [0.15, 0.2) is 0 Å². The van der Waals surface area contributed by atoms with Crippen LogP contribution in [-0.2, 0) is 4.74 Å². The third-order valence-corrected chi connectivity index (χ3v) is 2.65. The lowest BCUT2D eigenvalue weighted by Gasteiger charge is -2.28. The van der Waals surface area contributed by atoms with E-state index >= 15 is 0 Å². The van der Waals surface area contributed by atoms with Gasteiger partial charge in [-0.05, 0) is 19.3 Å². The van der Waals surface area contributed by atoms with Crippen LogP contribution in [0.2, 0.25) is 0 Å². The zero-order valence-corrected chi connectivity index (χ0v) is 11.9. The van der Waals surface area contributed by atoms with Gasteiger partial charge in [0.05, 0.1) is 6.61 Å². The van der Waals surface area contributed by atoms with Crippen molar-refractivity contribution in [3.63, 3.8) is 0 Å². The average Bonchev–Trinajstić information content (AvgIpc) is 2.29. The van der Waals surface area contributed by atoms with Crippen molar-refractivity contribution in [2.45, 2.75) is 52.9 Å². The Bertz CT molecular complexity index is 205. The molecule has 0 aliphatic heterocycles. The lowest BCUT2D eigenvalue weighted by atomic mass is 10.2. The number of nitrogens with zero attached hydrogens (tertiary/aromatic N) is 1. The van der Waals surface area contributed by atoms with Crippen molar-refractivity contribution in [2.24, 2.45) is 0 Å². The van der Waals surface area contributed by atoms with E-state index < -0.39 is 0 Å². The van der Waals surface area contributed by atoms with Gasteiger partial charge >= 0.3 is 0 Å². The third kappa shape index (κ3) is 7.22. The molecule has 0 aromatic heterocycles. The molecule has 0 atom stereocenters. The molecule has 0 aromatic carbocycles. The van der Waals surface area contributed by atoms with Gasteiger partial charge in [0.1, 0.15) is 0 Å². The fourth-order valence-electron chi connectivity index (χ4n) is 1.79. The van der Waals surface area contributed by atoms with Gasteiger partial charge in [-0.2, -0.15) is 0 Å². The fraction of sp³-hybridized carbons (Fsp3) is 0.733. The van der Waals surface area contributed by atoms with Crippen molar-refractivity contribution >= 4 is 0 Å². The highest BCUT2D eigenvalue weighted by Crippen LogP contribution is 2.18. The van der Waals surface area contributed by atoms with Gasteiger partial charge in [-0.15, -0.1) is 0 Å². The first-order valence-electron chi connectivity index (χ1n) is 6.88. The van der Waals surface area contributed by atoms with Gasteiger partial charge in [0.2, 0.25) is 0 Å². The highest BCUT2D eigenvalue weighted by atomic mass is 16.5. The average molecular weight is 239 g/mol. The van der Waals surface area contributed by atoms with E-state index in [9.17, 15) is 0 Å². The Morgan fingerprint density at radius 2 is 1.41 bits per heavy atom. The molecule has 17 heavy (non-hydrogen) atoms. The second-order valence-electron chi connectivity index (χ2n) is 4.40. The summed E-state index contributed by atoms with van der Waals surface area (Å²) in [7, 11) is 0. The van der Waals surface area contributed by atoms with Crippen molar-refractivity contribution in [2.75, 3.05) is 19.8 Å². The molecule has 0 amide bonds. The number of hydrogen-bond donors (Lipinski definition) is 0. The summed E-state index contributed by atoms with van der Waals surface area (Å²) in [5.74, 6) is 0. The largest absolute Gasteiger partial charge is 0.380 e. The highest BCUT2D eigenvalue weighted by Gasteiger charge is 2.10. The standard InChI is InChI=1S/C15H29NO/c1-6-9-14(4)16(15(5)10-7-2)11-13-17-12-8-3/h4-13H2,1-3H3. The van der Waals surface area contributed by atoms with E-state index in [1.807, 2.05) is 0 Å². The highest BCUT2D eigenvalue weighted by molar-refractivity contribution is 5.07. The lowest BCUT2D eigenvalue weighted by Crippen LogP contribution is -2.26. The Kier molecular flexibility index (Phi) is 9.93. The summed E-state index contributed by atoms with van der Waals surface area (Å²) in [5.41, 5.74) is 2.34. The van der Waals surface area contributed by atoms with Crippen LogP contribution in [0.1, 0.15) is 52.9 Å². The fourth-order valence-corrected chi connectivity index (χ4v) is 1.79. The van der Waals surface area contributed by atoms with Gasteiger partial charge in [-0.25, -0.2) is 0 Å². The molecule has 0 aromatic rings. The molecule has 0 rings (SSSR count). The molecule has 0 fully saturated rings. The molecule has 0 bridgehead atoms. The molecule has 0 spiro atoms. The number of rotatable bonds is 11. The Balaban J connectivity index is 4.19. The first kappa shape index (κ1) is 16.2. The summed E-state index contributed by atoms with van der Waals surface area (Å²) in [6, 6.07) is 0. The van der Waals surface area contributed by atoms with E-state index in [1.165, 1.54) is 11.4 Å². The molecule has 2 nitrogen and oxygen atoms in total.